The molecule has 0 spiro atoms. The number of likely N-dealkylation sites (N-methyl/N-ethyl adjacent to an activating group) is 1. The Morgan fingerprint density at radius 1 is 1.11 bits per heavy atom. The number of aliphatic hydroxyl groups is 2. The molecular formula is C42H65N5O6. The number of nitrogens with zero attached hydrogens (tertiary/aromatic N) is 3. The number of para-hydroxylation sites is 1. The lowest BCUT2D eigenvalue weighted by molar-refractivity contribution is -0.183. The van der Waals surface area contributed by atoms with Crippen molar-refractivity contribution in [3.8, 4) is 16.9 Å². The van der Waals surface area contributed by atoms with Crippen molar-refractivity contribution < 1.29 is 29.4 Å². The van der Waals surface area contributed by atoms with Gasteiger partial charge in [0.05, 0.1) is 26.4 Å². The average Bonchev–Trinajstić information content (AvgIpc) is 3.49. The first-order valence-electron chi connectivity index (χ1n) is 19.5. The van der Waals surface area contributed by atoms with E-state index in [-0.39, 0.29) is 42.5 Å². The molecule has 11 nitrogen and oxygen atoms in total. The van der Waals surface area contributed by atoms with Crippen molar-refractivity contribution in [2.75, 3.05) is 53.4 Å². The molecule has 4 fully saturated rings. The Morgan fingerprint density at radius 2 is 1.83 bits per heavy atom. The summed E-state index contributed by atoms with van der Waals surface area (Å²) in [6, 6.07) is 10.9. The van der Waals surface area contributed by atoms with Crippen LogP contribution in [0, 0.1) is 35.0 Å². The van der Waals surface area contributed by atoms with Gasteiger partial charge in [-0.1, -0.05) is 59.2 Å². The van der Waals surface area contributed by atoms with E-state index in [0.29, 0.717) is 35.0 Å². The summed E-state index contributed by atoms with van der Waals surface area (Å²) in [5.41, 5.74) is 4.08. The van der Waals surface area contributed by atoms with Crippen LogP contribution in [-0.4, -0.2) is 111 Å². The fraction of sp³-hybridized carbons (Fsp3) is 0.667. The average molecular weight is 736 g/mol. The van der Waals surface area contributed by atoms with Gasteiger partial charge in [-0.15, -0.1) is 0 Å². The highest BCUT2D eigenvalue weighted by molar-refractivity contribution is 5.97. The standard InChI is InChI=1S/C42H65N5O6/c1-12-24(2)35(22-45(7)8)44-40(50)29-16-28(17-31(18-29)46(9)10)32-15-13-14-27(39(32)52-11)21-47-38(37(26(4)49)36(23-48)53-47)41(51)43-34-20-30-19-33(25(34)3)42(30,5)6/h13-18,24-26,30,33-38,48-49H,12,19-23H2,1-11H3,(H,43,51)(H,44,50)/t24-,25-,26-,30+,33+,34-,35?,36-,37+,38-/m0/s1. The zero-order valence-electron chi connectivity index (χ0n) is 33.8. The van der Waals surface area contributed by atoms with E-state index >= 15 is 0 Å². The maximum atomic E-state index is 14.3. The number of fused-ring (bicyclic) bond motifs is 2. The van der Waals surface area contributed by atoms with Gasteiger partial charge in [-0.2, -0.15) is 5.06 Å². The number of methoxy groups -OCH3 is 1. The van der Waals surface area contributed by atoms with Crippen molar-refractivity contribution in [2.24, 2.45) is 35.0 Å². The molecule has 11 heteroatoms. The first kappa shape index (κ1) is 41.0. The maximum absolute atomic E-state index is 14.3. The number of carbonyl (C=O) groups is 2. The van der Waals surface area contributed by atoms with Gasteiger partial charge < -0.3 is 35.4 Å². The minimum absolute atomic E-state index is 0.00972. The van der Waals surface area contributed by atoms with Crippen LogP contribution in [0.3, 0.4) is 0 Å². The molecule has 3 saturated carbocycles. The van der Waals surface area contributed by atoms with E-state index in [2.05, 4.69) is 50.2 Å². The van der Waals surface area contributed by atoms with Crippen LogP contribution in [0.15, 0.2) is 36.4 Å². The maximum Gasteiger partial charge on any atom is 0.251 e. The summed E-state index contributed by atoms with van der Waals surface area (Å²) in [6.07, 6.45) is 1.44. The second-order valence-electron chi connectivity index (χ2n) is 17.1. The number of amides is 2. The molecule has 0 aromatic heterocycles. The van der Waals surface area contributed by atoms with Gasteiger partial charge in [-0.05, 0) is 86.7 Å². The minimum Gasteiger partial charge on any atom is -0.496 e. The SMILES string of the molecule is CC[C@H](C)C(CN(C)C)NC(=O)c1cc(-c2cccc(CN3O[C@@H](CO)[C@@H]([C@H](C)O)[C@H]3C(=O)N[C@H]3C[C@H]4C[C@H]([C@@H]3C)C4(C)C)c2OC)cc(N(C)C)c1. The molecule has 0 radical (unpaired) electrons. The molecule has 4 aliphatic rings. The lowest BCUT2D eigenvalue weighted by Crippen LogP contribution is -2.62. The molecule has 3 aliphatic carbocycles. The fourth-order valence-electron chi connectivity index (χ4n) is 9.28. The Morgan fingerprint density at radius 3 is 2.40 bits per heavy atom. The van der Waals surface area contributed by atoms with E-state index in [1.54, 1.807) is 19.1 Å². The molecule has 2 aromatic carbocycles. The summed E-state index contributed by atoms with van der Waals surface area (Å²) in [7, 11) is 9.55. The first-order valence-corrected chi connectivity index (χ1v) is 19.5. The van der Waals surface area contributed by atoms with Crippen LogP contribution in [0.4, 0.5) is 5.69 Å². The van der Waals surface area contributed by atoms with Gasteiger partial charge >= 0.3 is 0 Å². The summed E-state index contributed by atoms with van der Waals surface area (Å²) in [5.74, 6) is 1.40. The molecule has 53 heavy (non-hydrogen) atoms. The predicted octanol–water partition coefficient (Wildman–Crippen LogP) is 4.79. The Bertz CT molecular complexity index is 1600. The lowest BCUT2D eigenvalue weighted by Gasteiger charge is -2.62. The Balaban J connectivity index is 1.45. The summed E-state index contributed by atoms with van der Waals surface area (Å²) < 4.78 is 6.09. The van der Waals surface area contributed by atoms with Crippen LogP contribution >= 0.6 is 0 Å². The molecule has 294 valence electrons. The molecule has 2 bridgehead atoms. The number of benzene rings is 2. The van der Waals surface area contributed by atoms with Crippen LogP contribution in [0.5, 0.6) is 5.75 Å². The summed E-state index contributed by atoms with van der Waals surface area (Å²) in [5, 5.41) is 29.6. The van der Waals surface area contributed by atoms with Crippen molar-refractivity contribution in [1.29, 1.82) is 0 Å². The van der Waals surface area contributed by atoms with Crippen molar-refractivity contribution >= 4 is 17.5 Å². The fourth-order valence-corrected chi connectivity index (χ4v) is 9.28. The van der Waals surface area contributed by atoms with E-state index in [1.807, 2.05) is 69.5 Å². The highest BCUT2D eigenvalue weighted by atomic mass is 16.7. The predicted molar refractivity (Wildman–Crippen MR) is 210 cm³/mol. The topological polar surface area (TPSA) is 127 Å². The van der Waals surface area contributed by atoms with Crippen LogP contribution < -0.4 is 20.3 Å². The second kappa shape index (κ2) is 16.7. The van der Waals surface area contributed by atoms with Crippen LogP contribution in [-0.2, 0) is 16.2 Å². The van der Waals surface area contributed by atoms with Crippen LogP contribution in [0.2, 0.25) is 0 Å². The van der Waals surface area contributed by atoms with Gasteiger partial charge in [0.25, 0.3) is 5.91 Å². The molecule has 10 atom stereocenters. The Kier molecular flexibility index (Phi) is 12.9. The third kappa shape index (κ3) is 8.39. The zero-order valence-corrected chi connectivity index (χ0v) is 33.8. The largest absolute Gasteiger partial charge is 0.496 e. The summed E-state index contributed by atoms with van der Waals surface area (Å²) >= 11 is 0. The second-order valence-corrected chi connectivity index (χ2v) is 17.1. The van der Waals surface area contributed by atoms with Gasteiger partial charge in [0, 0.05) is 61.0 Å². The molecule has 1 unspecified atom stereocenters. The van der Waals surface area contributed by atoms with Gasteiger partial charge in [0.1, 0.15) is 17.9 Å². The highest BCUT2D eigenvalue weighted by Crippen LogP contribution is 2.61. The molecule has 2 amide bonds. The van der Waals surface area contributed by atoms with Gasteiger partial charge in [-0.3, -0.25) is 14.4 Å². The van der Waals surface area contributed by atoms with E-state index in [1.165, 1.54) is 6.42 Å². The minimum atomic E-state index is -0.895. The number of rotatable bonds is 15. The van der Waals surface area contributed by atoms with E-state index in [9.17, 15) is 19.8 Å². The number of anilines is 1. The number of nitrogens with one attached hydrogen (secondary N) is 2. The van der Waals surface area contributed by atoms with Crippen molar-refractivity contribution in [3.05, 3.63) is 47.5 Å². The van der Waals surface area contributed by atoms with Gasteiger partial charge in [-0.25, -0.2) is 0 Å². The third-order valence-electron chi connectivity index (χ3n) is 12.9. The van der Waals surface area contributed by atoms with Gasteiger partial charge in [0.15, 0.2) is 0 Å². The number of aliphatic hydroxyl groups excluding tert-OH is 2. The molecule has 1 aliphatic heterocycles. The smallest absolute Gasteiger partial charge is 0.251 e. The number of hydroxylamine groups is 2. The number of ether oxygens (including phenoxy) is 1. The number of hydrogen-bond donors (Lipinski definition) is 4. The van der Waals surface area contributed by atoms with Gasteiger partial charge in [0.2, 0.25) is 5.91 Å². The zero-order chi connectivity index (χ0) is 38.9. The highest BCUT2D eigenvalue weighted by Gasteiger charge is 2.57. The molecular weight excluding hydrogens is 670 g/mol. The summed E-state index contributed by atoms with van der Waals surface area (Å²) in [4.78, 5) is 38.5. The Hall–Kier alpha value is -3.22. The van der Waals surface area contributed by atoms with Crippen molar-refractivity contribution in [1.82, 2.24) is 20.6 Å². The molecule has 6 rings (SSSR count). The lowest BCUT2D eigenvalue weighted by atomic mass is 9.45. The van der Waals surface area contributed by atoms with Crippen LogP contribution in [0.1, 0.15) is 76.7 Å². The Labute approximate surface area is 317 Å². The van der Waals surface area contributed by atoms with Crippen molar-refractivity contribution in [3.63, 3.8) is 0 Å². The molecule has 2 aromatic rings. The third-order valence-corrected chi connectivity index (χ3v) is 12.9. The molecule has 1 saturated heterocycles. The monoisotopic (exact) mass is 735 g/mol. The number of hydrogen-bond acceptors (Lipinski definition) is 9. The first-order chi connectivity index (χ1) is 25.0. The van der Waals surface area contributed by atoms with E-state index in [4.69, 9.17) is 9.57 Å². The normalized spacial score (nSPS) is 28.2. The van der Waals surface area contributed by atoms with Crippen LogP contribution in [0.25, 0.3) is 11.1 Å². The van der Waals surface area contributed by atoms with E-state index in [0.717, 1.165) is 41.8 Å². The summed E-state index contributed by atoms with van der Waals surface area (Å²) in [6.45, 7) is 13.4. The quantitative estimate of drug-likeness (QED) is 0.204. The molecule has 4 N–H and O–H groups in total. The van der Waals surface area contributed by atoms with E-state index < -0.39 is 24.2 Å². The number of carbonyl (C=O) groups excluding carboxylic acids is 2. The molecule has 1 heterocycles. The van der Waals surface area contributed by atoms with Crippen molar-refractivity contribution in [2.45, 2.75) is 97.7 Å².